The number of ketones is 1. The van der Waals surface area contributed by atoms with Crippen LogP contribution in [0.1, 0.15) is 23.7 Å². The van der Waals surface area contributed by atoms with Crippen LogP contribution in [0.25, 0.3) is 0 Å². The molecule has 0 saturated carbocycles. The van der Waals surface area contributed by atoms with Crippen LogP contribution < -0.4 is 14.8 Å². The fourth-order valence-electron chi connectivity index (χ4n) is 2.69. The Morgan fingerprint density at radius 3 is 2.74 bits per heavy atom. The number of rotatable bonds is 2. The minimum absolute atomic E-state index is 0.0738. The molecule has 4 heteroatoms. The summed E-state index contributed by atoms with van der Waals surface area (Å²) in [4.78, 5) is 12.5. The van der Waals surface area contributed by atoms with Crippen LogP contribution in [-0.2, 0) is 0 Å². The molecule has 0 aromatic heterocycles. The van der Waals surface area contributed by atoms with Crippen LogP contribution in [0, 0.1) is 11.8 Å². The lowest BCUT2D eigenvalue weighted by molar-refractivity contribution is 0.0907. The zero-order chi connectivity index (χ0) is 13.2. The topological polar surface area (TPSA) is 47.6 Å². The maximum Gasteiger partial charge on any atom is 0.167 e. The van der Waals surface area contributed by atoms with Crippen LogP contribution >= 0.6 is 0 Å². The number of carbonyl (C=O) groups excluding carboxylic acids is 1. The van der Waals surface area contributed by atoms with Crippen molar-refractivity contribution in [2.45, 2.75) is 13.3 Å². The number of ether oxygens (including phenoxy) is 2. The fraction of sp³-hybridized carbons (Fsp3) is 0.533. The lowest BCUT2D eigenvalue weighted by atomic mass is 9.89. The predicted octanol–water partition coefficient (Wildman–Crippen LogP) is 1.89. The van der Waals surface area contributed by atoms with Crippen LogP contribution in [0.4, 0.5) is 0 Å². The number of fused-ring (bicyclic) bond motifs is 1. The van der Waals surface area contributed by atoms with Gasteiger partial charge in [-0.15, -0.1) is 0 Å². The molecule has 0 aliphatic carbocycles. The first-order valence-electron chi connectivity index (χ1n) is 6.90. The monoisotopic (exact) mass is 261 g/mol. The standard InChI is InChI=1S/C15H19NO3/c1-10-8-16-9-12(10)15(17)11-3-4-13-14(7-11)19-6-2-5-18-13/h3-4,7,10,12,16H,2,5-6,8-9H2,1H3. The van der Waals surface area contributed by atoms with Gasteiger partial charge in [0, 0.05) is 24.4 Å². The molecule has 1 saturated heterocycles. The van der Waals surface area contributed by atoms with Crippen molar-refractivity contribution in [1.82, 2.24) is 5.32 Å². The van der Waals surface area contributed by atoms with Gasteiger partial charge in [-0.05, 0) is 30.7 Å². The van der Waals surface area contributed by atoms with Gasteiger partial charge >= 0.3 is 0 Å². The number of Topliss-reactive ketones (excluding diaryl/α,β-unsaturated/α-hetero) is 1. The van der Waals surface area contributed by atoms with E-state index in [0.717, 1.165) is 30.8 Å². The molecule has 0 bridgehead atoms. The highest BCUT2D eigenvalue weighted by Crippen LogP contribution is 2.32. The molecule has 2 heterocycles. The zero-order valence-electron chi connectivity index (χ0n) is 11.1. The van der Waals surface area contributed by atoms with E-state index in [0.29, 0.717) is 24.9 Å². The van der Waals surface area contributed by atoms with Gasteiger partial charge in [-0.25, -0.2) is 0 Å². The molecule has 1 aromatic rings. The second kappa shape index (κ2) is 5.21. The van der Waals surface area contributed by atoms with Crippen LogP contribution in [0.5, 0.6) is 11.5 Å². The highest BCUT2D eigenvalue weighted by atomic mass is 16.5. The molecule has 2 aliphatic rings. The smallest absolute Gasteiger partial charge is 0.167 e. The summed E-state index contributed by atoms with van der Waals surface area (Å²) in [5.41, 5.74) is 0.727. The average Bonchev–Trinajstić information content (AvgIpc) is 2.72. The van der Waals surface area contributed by atoms with Gasteiger partial charge in [0.15, 0.2) is 17.3 Å². The van der Waals surface area contributed by atoms with E-state index >= 15 is 0 Å². The quantitative estimate of drug-likeness (QED) is 0.826. The predicted molar refractivity (Wildman–Crippen MR) is 71.9 cm³/mol. The number of hydrogen-bond donors (Lipinski definition) is 1. The lowest BCUT2D eigenvalue weighted by Gasteiger charge is -2.14. The van der Waals surface area contributed by atoms with Crippen LogP contribution in [0.3, 0.4) is 0 Å². The third kappa shape index (κ3) is 2.45. The van der Waals surface area contributed by atoms with Crippen molar-refractivity contribution in [2.24, 2.45) is 11.8 Å². The molecule has 3 rings (SSSR count). The molecule has 0 radical (unpaired) electrons. The Hall–Kier alpha value is -1.55. The third-order valence-electron chi connectivity index (χ3n) is 3.89. The van der Waals surface area contributed by atoms with E-state index in [2.05, 4.69) is 12.2 Å². The molecule has 1 fully saturated rings. The fourth-order valence-corrected chi connectivity index (χ4v) is 2.69. The summed E-state index contributed by atoms with van der Waals surface area (Å²) in [5, 5.41) is 3.27. The second-order valence-corrected chi connectivity index (χ2v) is 5.32. The van der Waals surface area contributed by atoms with E-state index in [4.69, 9.17) is 9.47 Å². The molecule has 2 aliphatic heterocycles. The highest BCUT2D eigenvalue weighted by molar-refractivity contribution is 5.99. The van der Waals surface area contributed by atoms with Crippen molar-refractivity contribution in [3.05, 3.63) is 23.8 Å². The molecule has 0 amide bonds. The second-order valence-electron chi connectivity index (χ2n) is 5.32. The van der Waals surface area contributed by atoms with Gasteiger partial charge in [0.05, 0.1) is 13.2 Å². The molecule has 2 atom stereocenters. The maximum absolute atomic E-state index is 12.5. The summed E-state index contributed by atoms with van der Waals surface area (Å²) >= 11 is 0. The summed E-state index contributed by atoms with van der Waals surface area (Å²) < 4.78 is 11.2. The summed E-state index contributed by atoms with van der Waals surface area (Å²) in [6, 6.07) is 5.52. The Balaban J connectivity index is 1.85. The Bertz CT molecular complexity index is 486. The van der Waals surface area contributed by atoms with Gasteiger partial charge in [-0.1, -0.05) is 6.92 Å². The van der Waals surface area contributed by atoms with Gasteiger partial charge in [0.25, 0.3) is 0 Å². The molecule has 19 heavy (non-hydrogen) atoms. The first-order chi connectivity index (χ1) is 9.25. The first-order valence-corrected chi connectivity index (χ1v) is 6.90. The van der Waals surface area contributed by atoms with Gasteiger partial charge in [0.1, 0.15) is 0 Å². The molecular formula is C15H19NO3. The maximum atomic E-state index is 12.5. The van der Waals surface area contributed by atoms with Crippen molar-refractivity contribution in [3.63, 3.8) is 0 Å². The van der Waals surface area contributed by atoms with Gasteiger partial charge < -0.3 is 14.8 Å². The van der Waals surface area contributed by atoms with Crippen LogP contribution in [0.2, 0.25) is 0 Å². The van der Waals surface area contributed by atoms with Gasteiger partial charge in [-0.3, -0.25) is 4.79 Å². The largest absolute Gasteiger partial charge is 0.490 e. The molecule has 4 nitrogen and oxygen atoms in total. The number of benzene rings is 1. The minimum Gasteiger partial charge on any atom is -0.490 e. The first kappa shape index (κ1) is 12.5. The van der Waals surface area contributed by atoms with E-state index in [1.54, 1.807) is 0 Å². The number of hydrogen-bond acceptors (Lipinski definition) is 4. The molecule has 102 valence electrons. The lowest BCUT2D eigenvalue weighted by Crippen LogP contribution is -2.21. The van der Waals surface area contributed by atoms with E-state index in [1.807, 2.05) is 18.2 Å². The Kier molecular flexibility index (Phi) is 3.42. The van der Waals surface area contributed by atoms with Crippen LogP contribution in [-0.4, -0.2) is 32.1 Å². The third-order valence-corrected chi connectivity index (χ3v) is 3.89. The minimum atomic E-state index is 0.0738. The molecule has 1 aromatic carbocycles. The molecule has 2 unspecified atom stereocenters. The van der Waals surface area contributed by atoms with E-state index in [-0.39, 0.29) is 11.7 Å². The Morgan fingerprint density at radius 1 is 1.21 bits per heavy atom. The van der Waals surface area contributed by atoms with Crippen molar-refractivity contribution < 1.29 is 14.3 Å². The highest BCUT2D eigenvalue weighted by Gasteiger charge is 2.30. The summed E-state index contributed by atoms with van der Waals surface area (Å²) in [7, 11) is 0. The van der Waals surface area contributed by atoms with Crippen molar-refractivity contribution in [3.8, 4) is 11.5 Å². The SMILES string of the molecule is CC1CNCC1C(=O)c1ccc2c(c1)OCCCO2. The zero-order valence-corrected chi connectivity index (χ0v) is 11.1. The summed E-state index contributed by atoms with van der Waals surface area (Å²) in [6.07, 6.45) is 0.877. The van der Waals surface area contributed by atoms with E-state index in [9.17, 15) is 4.79 Å². The number of carbonyl (C=O) groups is 1. The number of nitrogens with one attached hydrogen (secondary N) is 1. The van der Waals surface area contributed by atoms with Crippen molar-refractivity contribution in [1.29, 1.82) is 0 Å². The normalized spacial score (nSPS) is 25.9. The van der Waals surface area contributed by atoms with Crippen LogP contribution in [0.15, 0.2) is 18.2 Å². The van der Waals surface area contributed by atoms with Gasteiger partial charge in [0.2, 0.25) is 0 Å². The summed E-state index contributed by atoms with van der Waals surface area (Å²) in [6.45, 7) is 5.12. The summed E-state index contributed by atoms with van der Waals surface area (Å²) in [5.74, 6) is 2.11. The Morgan fingerprint density at radius 2 is 2.00 bits per heavy atom. The molecule has 1 N–H and O–H groups in total. The molecular weight excluding hydrogens is 242 g/mol. The van der Waals surface area contributed by atoms with Gasteiger partial charge in [-0.2, -0.15) is 0 Å². The van der Waals surface area contributed by atoms with Crippen molar-refractivity contribution >= 4 is 5.78 Å². The average molecular weight is 261 g/mol. The van der Waals surface area contributed by atoms with E-state index in [1.165, 1.54) is 0 Å². The van der Waals surface area contributed by atoms with Crippen molar-refractivity contribution in [2.75, 3.05) is 26.3 Å². The molecule has 0 spiro atoms. The van der Waals surface area contributed by atoms with E-state index < -0.39 is 0 Å². The Labute approximate surface area is 113 Å².